The molecule has 1 unspecified atom stereocenters. The molecule has 6 heteroatoms. The zero-order valence-electron chi connectivity index (χ0n) is 28.1. The number of halogens is 1. The van der Waals surface area contributed by atoms with E-state index < -0.39 is 0 Å². The zero-order chi connectivity index (χ0) is 30.9. The topological polar surface area (TPSA) is 52.7 Å². The van der Waals surface area contributed by atoms with Crippen molar-refractivity contribution in [2.75, 3.05) is 25.2 Å². The zero-order valence-corrected chi connectivity index (χ0v) is 29.6. The molecule has 1 N–H and O–H groups in total. The van der Waals surface area contributed by atoms with Crippen LogP contribution in [0.5, 0.6) is 11.5 Å². The van der Waals surface area contributed by atoms with Crippen molar-refractivity contribution in [1.29, 1.82) is 0 Å². The molecule has 2 aromatic rings. The van der Waals surface area contributed by atoms with Gasteiger partial charge >= 0.3 is 0 Å². The van der Waals surface area contributed by atoms with E-state index in [1.807, 2.05) is 35.4 Å². The monoisotopic (exact) mass is 668 g/mol. The average Bonchev–Trinajstić information content (AvgIpc) is 3.00. The van der Waals surface area contributed by atoms with Gasteiger partial charge in [-0.05, 0) is 56.0 Å². The van der Waals surface area contributed by atoms with Gasteiger partial charge in [0, 0.05) is 18.7 Å². The number of unbranched alkanes of at least 4 members (excludes halogenated alkanes) is 11. The number of allylic oxidation sites excluding steroid dienone is 1. The number of methoxy groups -OCH3 is 1. The van der Waals surface area contributed by atoms with E-state index in [0.717, 1.165) is 36.4 Å². The van der Waals surface area contributed by atoms with Crippen LogP contribution < -0.4 is 36.3 Å². The van der Waals surface area contributed by atoms with Crippen molar-refractivity contribution < 1.29 is 36.2 Å². The molecule has 0 aromatic heterocycles. The first-order valence-corrected chi connectivity index (χ1v) is 16.8. The molecule has 3 rings (SSSR count). The molecule has 0 spiro atoms. The summed E-state index contributed by atoms with van der Waals surface area (Å²) in [6.07, 6.45) is 21.0. The normalized spacial score (nSPS) is 15.8. The first-order valence-electron chi connectivity index (χ1n) is 16.8. The van der Waals surface area contributed by atoms with Gasteiger partial charge in [-0.25, -0.2) is 4.99 Å². The van der Waals surface area contributed by atoms with Crippen molar-refractivity contribution in [3.63, 3.8) is 0 Å². The van der Waals surface area contributed by atoms with E-state index in [9.17, 15) is 4.79 Å². The minimum Gasteiger partial charge on any atom is -1.00 e. The third-order valence-corrected chi connectivity index (χ3v) is 8.96. The van der Waals surface area contributed by atoms with Crippen molar-refractivity contribution in [1.82, 2.24) is 0 Å². The van der Waals surface area contributed by atoms with Gasteiger partial charge in [0.05, 0.1) is 25.7 Å². The first-order chi connectivity index (χ1) is 20.9. The van der Waals surface area contributed by atoms with Crippen LogP contribution in [0.25, 0.3) is 0 Å². The summed E-state index contributed by atoms with van der Waals surface area (Å²) in [6.45, 7) is 10.4. The third-order valence-electron chi connectivity index (χ3n) is 8.96. The molecule has 2 aromatic carbocycles. The Labute approximate surface area is 278 Å². The molecule has 0 saturated heterocycles. The van der Waals surface area contributed by atoms with Crippen LogP contribution in [-0.2, 0) is 17.8 Å². The molecule has 1 atom stereocenters. The lowest BCUT2D eigenvalue weighted by Gasteiger charge is -2.31. The fourth-order valence-corrected chi connectivity index (χ4v) is 5.96. The number of anilines is 1. The second kappa shape index (κ2) is 20.4. The van der Waals surface area contributed by atoms with Crippen LogP contribution in [0.4, 0.5) is 5.69 Å². The van der Waals surface area contributed by atoms with E-state index in [1.54, 1.807) is 14.0 Å². The van der Waals surface area contributed by atoms with Crippen molar-refractivity contribution in [2.45, 2.75) is 118 Å². The van der Waals surface area contributed by atoms with Crippen LogP contribution in [0.2, 0.25) is 0 Å². The number of carbonyl (C=O) groups excluding carboxylic acids is 1. The van der Waals surface area contributed by atoms with Crippen molar-refractivity contribution in [2.24, 2.45) is 5.41 Å². The summed E-state index contributed by atoms with van der Waals surface area (Å²) in [4.78, 5) is 18.2. The average molecular weight is 670 g/mol. The van der Waals surface area contributed by atoms with Crippen molar-refractivity contribution in [3.8, 4) is 11.5 Å². The molecule has 1 aliphatic heterocycles. The predicted molar refractivity (Wildman–Crippen MR) is 180 cm³/mol. The number of hydrogen-bond donors (Lipinski definition) is 1. The highest BCUT2D eigenvalue weighted by Crippen LogP contribution is 2.35. The second-order valence-corrected chi connectivity index (χ2v) is 12.6. The number of carbonyl (C=O) groups is 1. The molecule has 44 heavy (non-hydrogen) atoms. The number of nitrogens with one attached hydrogen (secondary N) is 1. The van der Waals surface area contributed by atoms with Gasteiger partial charge in [0.25, 0.3) is 0 Å². The minimum atomic E-state index is -0.0108. The second-order valence-electron chi connectivity index (χ2n) is 12.6. The number of amides is 1. The van der Waals surface area contributed by atoms with Gasteiger partial charge < -0.3 is 31.4 Å². The Hall–Kier alpha value is -2.60. The Morgan fingerprint density at radius 3 is 2.16 bits per heavy atom. The van der Waals surface area contributed by atoms with Crippen LogP contribution in [0, 0.1) is 5.41 Å². The Bertz CT molecular complexity index is 1190. The molecule has 0 radical (unpaired) electrons. The molecule has 244 valence electrons. The first kappa shape index (κ1) is 37.6. The Morgan fingerprint density at radius 1 is 0.909 bits per heavy atom. The van der Waals surface area contributed by atoms with Gasteiger partial charge in [-0.3, -0.25) is 4.79 Å². The number of hydrogen-bond acceptors (Lipinski definition) is 3. The van der Waals surface area contributed by atoms with Gasteiger partial charge in [0.1, 0.15) is 6.54 Å². The number of para-hydroxylation sites is 1. The van der Waals surface area contributed by atoms with Crippen LogP contribution in [0.1, 0.15) is 116 Å². The van der Waals surface area contributed by atoms with Crippen LogP contribution >= 0.6 is 0 Å². The lowest BCUT2D eigenvalue weighted by atomic mass is 9.76. The van der Waals surface area contributed by atoms with Crippen LogP contribution in [0.15, 0.2) is 54.1 Å². The van der Waals surface area contributed by atoms with Crippen LogP contribution in [0.3, 0.4) is 0 Å². The molecule has 1 aliphatic rings. The van der Waals surface area contributed by atoms with Gasteiger partial charge in [0.2, 0.25) is 5.91 Å². The maximum Gasteiger partial charge on any atom is 0.224 e. The van der Waals surface area contributed by atoms with Gasteiger partial charge in [-0.15, -0.1) is 0 Å². The summed E-state index contributed by atoms with van der Waals surface area (Å²) >= 11 is 0. The molecule has 0 saturated carbocycles. The van der Waals surface area contributed by atoms with E-state index in [1.165, 1.54) is 81.8 Å². The summed E-state index contributed by atoms with van der Waals surface area (Å²) in [5.41, 5.74) is 4.48. The highest BCUT2D eigenvalue weighted by molar-refractivity contribution is 5.92. The summed E-state index contributed by atoms with van der Waals surface area (Å²) < 4.78 is 11.8. The fraction of sp³-hybridized carbons (Fsp3) is 0.579. The Morgan fingerprint density at radius 2 is 1.55 bits per heavy atom. The lowest BCUT2D eigenvalue weighted by molar-refractivity contribution is -0.469. The molecular formula is C38H57BrN2O3. The predicted octanol–water partition coefficient (Wildman–Crippen LogP) is 4.99. The number of ether oxygens (including phenoxy) is 2. The largest absolute Gasteiger partial charge is 1.00 e. The SMILES string of the molecule is CCCCCCCCCCCCCCOc1ccc(CN(C(C)=O)c2ccccc2CC2(C)C[NH+]=CC=C2C)cc1OC.[Br-]. The summed E-state index contributed by atoms with van der Waals surface area (Å²) in [6, 6.07) is 14.3. The van der Waals surface area contributed by atoms with Crippen molar-refractivity contribution in [3.05, 3.63) is 65.2 Å². The number of rotatable bonds is 20. The van der Waals surface area contributed by atoms with Gasteiger partial charge in [0.15, 0.2) is 17.7 Å². The maximum absolute atomic E-state index is 12.9. The minimum absolute atomic E-state index is 0. The van der Waals surface area contributed by atoms with E-state index in [4.69, 9.17) is 9.47 Å². The van der Waals surface area contributed by atoms with Gasteiger partial charge in [-0.1, -0.05) is 107 Å². The van der Waals surface area contributed by atoms with E-state index >= 15 is 0 Å². The summed E-state index contributed by atoms with van der Waals surface area (Å²) in [5, 5.41) is 0. The van der Waals surface area contributed by atoms with E-state index in [0.29, 0.717) is 18.9 Å². The lowest BCUT2D eigenvalue weighted by Crippen LogP contribution is -3.00. The molecule has 5 nitrogen and oxygen atoms in total. The molecular weight excluding hydrogens is 612 g/mol. The molecule has 0 fully saturated rings. The fourth-order valence-electron chi connectivity index (χ4n) is 5.96. The molecule has 0 aliphatic carbocycles. The van der Waals surface area contributed by atoms with Crippen LogP contribution in [-0.4, -0.2) is 32.4 Å². The molecule has 1 heterocycles. The van der Waals surface area contributed by atoms with E-state index in [-0.39, 0.29) is 28.3 Å². The third kappa shape index (κ3) is 12.1. The smallest absolute Gasteiger partial charge is 0.224 e. The quantitative estimate of drug-likeness (QED) is 0.202. The maximum atomic E-state index is 12.9. The van der Waals surface area contributed by atoms with Crippen molar-refractivity contribution >= 4 is 17.8 Å². The Kier molecular flexibility index (Phi) is 17.5. The summed E-state index contributed by atoms with van der Waals surface area (Å²) in [5.74, 6) is 1.50. The highest BCUT2D eigenvalue weighted by atomic mass is 79.9. The Balaban J connectivity index is 0.00000675. The number of benzene rings is 2. The van der Waals surface area contributed by atoms with Gasteiger partial charge in [-0.2, -0.15) is 0 Å². The van der Waals surface area contributed by atoms with E-state index in [2.05, 4.69) is 50.0 Å². The number of nitrogens with zero attached hydrogens (tertiary/aromatic N) is 1. The highest BCUT2D eigenvalue weighted by Gasteiger charge is 2.32. The summed E-state index contributed by atoms with van der Waals surface area (Å²) in [7, 11) is 1.68. The molecule has 0 bridgehead atoms. The standard InChI is InChI=1S/C38H56N2O3.BrH/c1-6-7-8-9-10-11-12-13-14-15-16-19-26-43-36-23-22-33(27-37(36)42-5)29-40(32(3)41)35-21-18-17-20-34(35)28-38(4)30-39-25-24-31(38)2;/h17-18,20-25,27H,6-16,19,26,28-30H2,1-5H3;1H. The molecule has 1 amide bonds.